The first-order valence-electron chi connectivity index (χ1n) is 12.5. The van der Waals surface area contributed by atoms with E-state index >= 15 is 0 Å². The number of sulfonamides is 1. The van der Waals surface area contributed by atoms with E-state index in [0.717, 1.165) is 22.4 Å². The Balaban J connectivity index is 1.88. The summed E-state index contributed by atoms with van der Waals surface area (Å²) in [6.45, 7) is 8.24. The Kier molecular flexibility index (Phi) is 9.45. The molecule has 0 fully saturated rings. The van der Waals surface area contributed by atoms with Gasteiger partial charge in [-0.05, 0) is 74.8 Å². The Labute approximate surface area is 218 Å². The van der Waals surface area contributed by atoms with Gasteiger partial charge < -0.3 is 10.2 Å². The van der Waals surface area contributed by atoms with Crippen molar-refractivity contribution in [3.8, 4) is 5.75 Å². The molecule has 0 aliphatic carbocycles. The molecule has 10 heteroatoms. The van der Waals surface area contributed by atoms with Gasteiger partial charge in [0.05, 0.1) is 12.1 Å². The summed E-state index contributed by atoms with van der Waals surface area (Å²) in [4.78, 5) is 11.6. The summed E-state index contributed by atoms with van der Waals surface area (Å²) in [6.07, 6.45) is 3.59. The Morgan fingerprint density at radius 3 is 2.51 bits per heavy atom. The van der Waals surface area contributed by atoms with Crippen LogP contribution in [0, 0.1) is 6.92 Å². The summed E-state index contributed by atoms with van der Waals surface area (Å²) in [5.74, 6) is -1.45. The molecule has 1 atom stereocenters. The van der Waals surface area contributed by atoms with Gasteiger partial charge in [0.2, 0.25) is 10.0 Å². The second-order valence-electron chi connectivity index (χ2n) is 9.61. The van der Waals surface area contributed by atoms with Crippen LogP contribution in [0.5, 0.6) is 5.75 Å². The molecule has 9 nitrogen and oxygen atoms in total. The maximum absolute atomic E-state index is 13.4. The third-order valence-electron chi connectivity index (χ3n) is 6.40. The smallest absolute Gasteiger partial charge is 0.303 e. The van der Waals surface area contributed by atoms with Crippen LogP contribution >= 0.6 is 0 Å². The average molecular weight is 529 g/mol. The number of aryl methyl sites for hydroxylation is 2. The first-order chi connectivity index (χ1) is 17.5. The highest BCUT2D eigenvalue weighted by atomic mass is 32.2. The van der Waals surface area contributed by atoms with Gasteiger partial charge in [0.15, 0.2) is 0 Å². The van der Waals surface area contributed by atoms with Crippen LogP contribution in [0.2, 0.25) is 0 Å². The Bertz CT molecular complexity index is 1320. The number of rotatable bonds is 13. The minimum atomic E-state index is -3.94. The lowest BCUT2D eigenvalue weighted by molar-refractivity contribution is -0.137. The number of hydrogen-bond donors (Lipinski definition) is 2. The summed E-state index contributed by atoms with van der Waals surface area (Å²) < 4.78 is 30.0. The highest BCUT2D eigenvalue weighted by Crippen LogP contribution is 2.30. The summed E-state index contributed by atoms with van der Waals surface area (Å²) in [6, 6.07) is 11.8. The highest BCUT2D eigenvalue weighted by molar-refractivity contribution is 7.89. The number of hydrogen-bond acceptors (Lipinski definition) is 6. The van der Waals surface area contributed by atoms with Crippen molar-refractivity contribution in [1.82, 2.24) is 19.3 Å². The fourth-order valence-electron chi connectivity index (χ4n) is 4.25. The molecule has 0 radical (unpaired) electrons. The van der Waals surface area contributed by atoms with Gasteiger partial charge in [-0.3, -0.25) is 4.79 Å². The first-order valence-corrected chi connectivity index (χ1v) is 14.0. The Hall–Kier alpha value is -3.24. The minimum Gasteiger partial charge on any atom is -0.507 e. The maximum Gasteiger partial charge on any atom is 0.303 e. The van der Waals surface area contributed by atoms with Crippen molar-refractivity contribution < 1.29 is 23.4 Å². The van der Waals surface area contributed by atoms with Gasteiger partial charge >= 0.3 is 5.97 Å². The van der Waals surface area contributed by atoms with Crippen LogP contribution in [0.15, 0.2) is 53.6 Å². The van der Waals surface area contributed by atoms with Crippen molar-refractivity contribution in [2.75, 3.05) is 6.54 Å². The van der Waals surface area contributed by atoms with E-state index in [0.29, 0.717) is 19.3 Å². The number of phenolic OH excluding ortho intramolecular Hbond substituents is 1. The van der Waals surface area contributed by atoms with E-state index in [1.807, 2.05) is 52.1 Å². The zero-order valence-corrected chi connectivity index (χ0v) is 22.6. The molecule has 0 saturated heterocycles. The zero-order chi connectivity index (χ0) is 27.2. The predicted octanol–water partition coefficient (Wildman–Crippen LogP) is 4.67. The molecule has 0 aliphatic heterocycles. The molecule has 0 spiro atoms. The number of carboxylic acid groups (broad SMARTS) is 1. The molecular weight excluding hydrogens is 492 g/mol. The van der Waals surface area contributed by atoms with Crippen LogP contribution in [0.3, 0.4) is 0 Å². The fourth-order valence-corrected chi connectivity index (χ4v) is 5.85. The average Bonchev–Trinajstić information content (AvgIpc) is 3.32. The van der Waals surface area contributed by atoms with Crippen LogP contribution in [0.4, 0.5) is 0 Å². The Morgan fingerprint density at radius 2 is 1.89 bits per heavy atom. The number of para-hydroxylation sites is 1. The highest BCUT2D eigenvalue weighted by Gasteiger charge is 2.27. The van der Waals surface area contributed by atoms with Crippen LogP contribution in [-0.2, 0) is 27.8 Å². The van der Waals surface area contributed by atoms with Gasteiger partial charge in [0.25, 0.3) is 0 Å². The van der Waals surface area contributed by atoms with Crippen LogP contribution in [0.1, 0.15) is 74.4 Å². The molecule has 0 saturated carbocycles. The molecule has 3 aromatic rings. The van der Waals surface area contributed by atoms with Crippen LogP contribution in [0.25, 0.3) is 0 Å². The maximum atomic E-state index is 13.4. The van der Waals surface area contributed by atoms with Gasteiger partial charge in [-0.1, -0.05) is 42.5 Å². The van der Waals surface area contributed by atoms with E-state index in [1.54, 1.807) is 16.8 Å². The molecule has 0 aliphatic rings. The SMILES string of the molecule is CCCN(Cc1cc(C(CCc2cn(C(C)C)nn2)CC(=O)O)ccc1C)S(=O)(=O)c1ccccc1O. The van der Waals surface area contributed by atoms with E-state index in [-0.39, 0.29) is 42.1 Å². The monoisotopic (exact) mass is 528 g/mol. The summed E-state index contributed by atoms with van der Waals surface area (Å²) in [5, 5.41) is 28.1. The van der Waals surface area contributed by atoms with E-state index in [9.17, 15) is 23.4 Å². The lowest BCUT2D eigenvalue weighted by Crippen LogP contribution is -2.31. The third-order valence-corrected chi connectivity index (χ3v) is 8.30. The summed E-state index contributed by atoms with van der Waals surface area (Å²) in [7, 11) is -3.94. The van der Waals surface area contributed by atoms with Crippen LogP contribution in [-0.4, -0.2) is 50.4 Å². The van der Waals surface area contributed by atoms with Gasteiger partial charge in [-0.25, -0.2) is 13.1 Å². The largest absolute Gasteiger partial charge is 0.507 e. The topological polar surface area (TPSA) is 126 Å². The number of aromatic nitrogens is 3. The van der Waals surface area contributed by atoms with Gasteiger partial charge in [-0.2, -0.15) is 4.31 Å². The predicted molar refractivity (Wildman–Crippen MR) is 141 cm³/mol. The molecule has 1 heterocycles. The lowest BCUT2D eigenvalue weighted by Gasteiger charge is -2.24. The van der Waals surface area contributed by atoms with E-state index < -0.39 is 16.0 Å². The second-order valence-corrected chi connectivity index (χ2v) is 11.5. The standard InChI is InChI=1S/C27H36N4O5S/c1-5-14-30(37(35,36)26-9-7-6-8-25(26)32)17-23-15-21(11-10-20(23)4)22(16-27(33)34)12-13-24-18-31(19(2)3)29-28-24/h6-11,15,18-19,22,32H,5,12-14,16-17H2,1-4H3,(H,33,34). The number of phenols is 1. The molecular formula is C27H36N4O5S. The van der Waals surface area contributed by atoms with Crippen molar-refractivity contribution in [3.05, 3.63) is 71.0 Å². The number of carboxylic acids is 1. The van der Waals surface area contributed by atoms with Crippen molar-refractivity contribution in [1.29, 1.82) is 0 Å². The van der Waals surface area contributed by atoms with Crippen molar-refractivity contribution in [2.24, 2.45) is 0 Å². The number of benzene rings is 2. The molecule has 3 rings (SSSR count). The normalized spacial score (nSPS) is 12.8. The zero-order valence-electron chi connectivity index (χ0n) is 21.8. The molecule has 0 bridgehead atoms. The third kappa shape index (κ3) is 7.17. The molecule has 200 valence electrons. The van der Waals surface area contributed by atoms with Crippen molar-refractivity contribution in [2.45, 2.75) is 76.8 Å². The molecule has 1 unspecified atom stereocenters. The minimum absolute atomic E-state index is 0.0460. The van der Waals surface area contributed by atoms with Crippen LogP contribution < -0.4 is 0 Å². The first kappa shape index (κ1) is 28.3. The van der Waals surface area contributed by atoms with Crippen molar-refractivity contribution in [3.63, 3.8) is 0 Å². The van der Waals surface area contributed by atoms with Crippen molar-refractivity contribution >= 4 is 16.0 Å². The number of carbonyl (C=O) groups is 1. The summed E-state index contributed by atoms with van der Waals surface area (Å²) in [5.41, 5.74) is 3.35. The molecule has 2 N–H and O–H groups in total. The number of aromatic hydroxyl groups is 1. The number of aliphatic carboxylic acids is 1. The van der Waals surface area contributed by atoms with Gasteiger partial charge in [0.1, 0.15) is 10.6 Å². The van der Waals surface area contributed by atoms with Gasteiger partial charge in [-0.15, -0.1) is 5.10 Å². The quantitative estimate of drug-likeness (QED) is 0.330. The molecule has 37 heavy (non-hydrogen) atoms. The second kappa shape index (κ2) is 12.3. The van der Waals surface area contributed by atoms with Gasteiger partial charge in [0, 0.05) is 25.3 Å². The van der Waals surface area contributed by atoms with E-state index in [4.69, 9.17) is 0 Å². The van der Waals surface area contributed by atoms with E-state index in [2.05, 4.69) is 10.3 Å². The summed E-state index contributed by atoms with van der Waals surface area (Å²) >= 11 is 0. The number of nitrogens with zero attached hydrogens (tertiary/aromatic N) is 4. The molecule has 1 aromatic heterocycles. The molecule has 0 amide bonds. The van der Waals surface area contributed by atoms with E-state index in [1.165, 1.54) is 16.4 Å². The fraction of sp³-hybridized carbons (Fsp3) is 0.444. The lowest BCUT2D eigenvalue weighted by atomic mass is 9.88. The molecule has 2 aromatic carbocycles. The Morgan fingerprint density at radius 1 is 1.16 bits per heavy atom.